The monoisotopic (exact) mass is 128 g/mol. The highest BCUT2D eigenvalue weighted by Gasteiger charge is 1.79. The highest BCUT2D eigenvalue weighted by molar-refractivity contribution is 7.31. The van der Waals surface area contributed by atoms with Crippen LogP contribution < -0.4 is 11.5 Å². The van der Waals surface area contributed by atoms with Crippen molar-refractivity contribution in [3.8, 4) is 0 Å². The Hall–Kier alpha value is 0.121. The minimum absolute atomic E-state index is 0.438. The summed E-state index contributed by atoms with van der Waals surface area (Å²) in [5.74, 6) is 0. The van der Waals surface area contributed by atoms with E-state index in [9.17, 15) is 0 Å². The van der Waals surface area contributed by atoms with E-state index in [1.807, 2.05) is 0 Å². The molecule has 0 aliphatic heterocycles. The van der Waals surface area contributed by atoms with Crippen LogP contribution in [0.5, 0.6) is 0 Å². The zero-order chi connectivity index (χ0) is 5.15. The van der Waals surface area contributed by atoms with E-state index in [1.54, 1.807) is 0 Å². The quantitative estimate of drug-likeness (QED) is 0.352. The fraction of sp³-hybridized carbons (Fsp3) is 0. The average Bonchev–Trinajstić information content (AvgIpc) is 1.36. The summed E-state index contributed by atoms with van der Waals surface area (Å²) in [5.41, 5.74) is 10.6. The third kappa shape index (κ3) is 2.36. The second-order valence-corrected chi connectivity index (χ2v) is 6.66. The van der Waals surface area contributed by atoms with Crippen molar-refractivity contribution >= 4 is 32.4 Å². The molecule has 0 saturated heterocycles. The second-order valence-electron chi connectivity index (χ2n) is 0.830. The van der Waals surface area contributed by atoms with Crippen molar-refractivity contribution in [1.29, 1.82) is 0 Å². The van der Waals surface area contributed by atoms with Gasteiger partial charge in [-0.1, -0.05) is 0 Å². The van der Waals surface area contributed by atoms with E-state index >= 15 is 0 Å². The summed E-state index contributed by atoms with van der Waals surface area (Å²) in [5, 5.41) is 0. The van der Waals surface area contributed by atoms with Crippen LogP contribution in [0, 0.1) is 0 Å². The largest absolute Gasteiger partial charge is 0.391 e. The molecule has 30 valence electrons. The molecule has 0 fully saturated rings. The maximum Gasteiger partial charge on any atom is 0.0544 e. The van der Waals surface area contributed by atoms with Gasteiger partial charge in [0.05, 0.1) is 5.42 Å². The van der Waals surface area contributed by atoms with E-state index in [0.29, 0.717) is 5.42 Å². The van der Waals surface area contributed by atoms with Gasteiger partial charge in [0.25, 0.3) is 0 Å². The number of hydrogen-bond acceptors (Lipinski definition) is 2. The first kappa shape index (κ1) is 6.12. The SMILES string of the molecule is NC(N)=[Si]([Si])[Si]. The van der Waals surface area contributed by atoms with Crippen LogP contribution in [0.4, 0.5) is 0 Å². The topological polar surface area (TPSA) is 52.0 Å². The maximum atomic E-state index is 5.08. The zero-order valence-electron chi connectivity index (χ0n) is 3.15. The first-order chi connectivity index (χ1) is 2.64. The Bertz CT molecular complexity index is 58.9. The molecule has 0 aromatic carbocycles. The summed E-state index contributed by atoms with van der Waals surface area (Å²) in [6.07, 6.45) is 0. The lowest BCUT2D eigenvalue weighted by Gasteiger charge is -1.88. The Morgan fingerprint density at radius 2 is 1.50 bits per heavy atom. The molecule has 0 rings (SSSR count). The highest BCUT2D eigenvalue weighted by Crippen LogP contribution is 1.38. The fourth-order valence-corrected chi connectivity index (χ4v) is 0. The molecule has 2 nitrogen and oxygen atoms in total. The lowest BCUT2D eigenvalue weighted by Crippen LogP contribution is -2.33. The van der Waals surface area contributed by atoms with Gasteiger partial charge in [-0.3, -0.25) is 0 Å². The molecule has 0 aliphatic rings. The van der Waals surface area contributed by atoms with Crippen LogP contribution in [0.15, 0.2) is 0 Å². The van der Waals surface area contributed by atoms with Crippen molar-refractivity contribution in [1.82, 2.24) is 0 Å². The molecular weight excluding hydrogens is 124 g/mol. The van der Waals surface area contributed by atoms with E-state index in [2.05, 4.69) is 19.5 Å². The first-order valence-corrected chi connectivity index (χ1v) is 5.83. The molecule has 0 unspecified atom stereocenters. The standard InChI is InChI=1S/CH4N2Si3/c2-1(3)6(4)5/h2-3H2. The van der Waals surface area contributed by atoms with Crippen LogP contribution in [-0.4, -0.2) is 32.4 Å². The lowest BCUT2D eigenvalue weighted by atomic mass is 11.3. The summed E-state index contributed by atoms with van der Waals surface area (Å²) >= 11 is 0. The predicted molar refractivity (Wildman–Crippen MR) is 30.6 cm³/mol. The minimum Gasteiger partial charge on any atom is -0.391 e. The van der Waals surface area contributed by atoms with Gasteiger partial charge in [-0.05, 0) is 0 Å². The third-order valence-electron chi connectivity index (χ3n) is 0.289. The minimum atomic E-state index is -0.868. The van der Waals surface area contributed by atoms with E-state index in [4.69, 9.17) is 11.5 Å². The van der Waals surface area contributed by atoms with E-state index < -0.39 is 7.44 Å². The Morgan fingerprint density at radius 1 is 1.33 bits per heavy atom. The smallest absolute Gasteiger partial charge is 0.0544 e. The third-order valence-corrected chi connectivity index (χ3v) is 2.60. The normalized spacial score (nSPS) is 7.67. The molecule has 0 aliphatic carbocycles. The molecule has 4 N–H and O–H groups in total. The Morgan fingerprint density at radius 3 is 1.50 bits per heavy atom. The highest BCUT2D eigenvalue weighted by atomic mass is 29.5. The zero-order valence-corrected chi connectivity index (χ0v) is 6.15. The number of rotatable bonds is 0. The summed E-state index contributed by atoms with van der Waals surface area (Å²) < 4.78 is 0. The molecule has 0 aromatic rings. The lowest BCUT2D eigenvalue weighted by molar-refractivity contribution is 1.64. The number of hydrogen-bond donors (Lipinski definition) is 2. The van der Waals surface area contributed by atoms with Gasteiger partial charge in [0.1, 0.15) is 0 Å². The summed E-state index contributed by atoms with van der Waals surface area (Å²) in [7, 11) is 5.55. The van der Waals surface area contributed by atoms with Crippen LogP contribution in [0.1, 0.15) is 0 Å². The van der Waals surface area contributed by atoms with Crippen molar-refractivity contribution in [2.75, 3.05) is 0 Å². The van der Waals surface area contributed by atoms with Crippen molar-refractivity contribution in [3.63, 3.8) is 0 Å². The maximum absolute atomic E-state index is 5.08. The van der Waals surface area contributed by atoms with Crippen LogP contribution in [0.2, 0.25) is 0 Å². The fourth-order valence-electron chi connectivity index (χ4n) is 0. The van der Waals surface area contributed by atoms with Crippen molar-refractivity contribution in [2.45, 2.75) is 0 Å². The molecule has 6 heavy (non-hydrogen) atoms. The Balaban J connectivity index is 3.68. The molecule has 6 radical (unpaired) electrons. The second kappa shape index (κ2) is 2.32. The van der Waals surface area contributed by atoms with Gasteiger partial charge < -0.3 is 11.5 Å². The molecule has 0 bridgehead atoms. The summed E-state index contributed by atoms with van der Waals surface area (Å²) in [4.78, 5) is 0. The van der Waals surface area contributed by atoms with Gasteiger partial charge in [0.2, 0.25) is 0 Å². The van der Waals surface area contributed by atoms with Gasteiger partial charge >= 0.3 is 0 Å². The van der Waals surface area contributed by atoms with Gasteiger partial charge in [-0.25, -0.2) is 0 Å². The molecule has 0 saturated carbocycles. The molecule has 5 heteroatoms. The van der Waals surface area contributed by atoms with Gasteiger partial charge in [-0.15, -0.1) is 0 Å². The van der Waals surface area contributed by atoms with Gasteiger partial charge in [-0.2, -0.15) is 0 Å². The van der Waals surface area contributed by atoms with Crippen molar-refractivity contribution in [2.24, 2.45) is 11.5 Å². The molecule has 0 heterocycles. The van der Waals surface area contributed by atoms with Gasteiger partial charge in [0.15, 0.2) is 0 Å². The molecular formula is CH4N2Si3. The Labute approximate surface area is 44.6 Å². The first-order valence-electron chi connectivity index (χ1n) is 1.33. The molecule has 0 amide bonds. The molecule has 0 atom stereocenters. The van der Waals surface area contributed by atoms with Crippen molar-refractivity contribution < 1.29 is 0 Å². The number of nitrogens with two attached hydrogens (primary N) is 2. The van der Waals surface area contributed by atoms with E-state index in [-0.39, 0.29) is 0 Å². The average molecular weight is 128 g/mol. The van der Waals surface area contributed by atoms with E-state index in [1.165, 1.54) is 0 Å². The van der Waals surface area contributed by atoms with Crippen molar-refractivity contribution in [3.05, 3.63) is 0 Å². The molecule has 0 spiro atoms. The van der Waals surface area contributed by atoms with Crippen LogP contribution >= 0.6 is 0 Å². The van der Waals surface area contributed by atoms with Crippen LogP contribution in [0.25, 0.3) is 0 Å². The van der Waals surface area contributed by atoms with Crippen LogP contribution in [0.3, 0.4) is 0 Å². The van der Waals surface area contributed by atoms with Gasteiger partial charge in [0, 0.05) is 27.0 Å². The van der Waals surface area contributed by atoms with E-state index in [0.717, 1.165) is 0 Å². The Kier molecular flexibility index (Phi) is 2.37. The van der Waals surface area contributed by atoms with Crippen LogP contribution in [-0.2, 0) is 0 Å². The molecule has 0 aromatic heterocycles. The predicted octanol–water partition coefficient (Wildman–Crippen LogP) is -2.60. The summed E-state index contributed by atoms with van der Waals surface area (Å²) in [6, 6.07) is 0. The summed E-state index contributed by atoms with van der Waals surface area (Å²) in [6.45, 7) is 0.